The molecule has 0 atom stereocenters. The Kier molecular flexibility index (Phi) is 2.80. The number of halogens is 1. The number of rotatable bonds is 1. The van der Waals surface area contributed by atoms with E-state index < -0.39 is 0 Å². The van der Waals surface area contributed by atoms with E-state index in [1.807, 2.05) is 54.6 Å². The third-order valence-corrected chi connectivity index (χ3v) is 3.49. The lowest BCUT2D eigenvalue weighted by atomic mass is 10.0. The van der Waals surface area contributed by atoms with Gasteiger partial charge in [-0.05, 0) is 40.6 Å². The minimum atomic E-state index is 0.316. The van der Waals surface area contributed by atoms with Crippen molar-refractivity contribution in [1.29, 1.82) is 0 Å². The quantitative estimate of drug-likeness (QED) is 0.672. The van der Waals surface area contributed by atoms with Crippen LogP contribution in [-0.4, -0.2) is 5.11 Å². The van der Waals surface area contributed by atoms with E-state index in [0.717, 1.165) is 26.4 Å². The molecule has 2 heteroatoms. The molecule has 3 aromatic rings. The zero-order valence-electron chi connectivity index (χ0n) is 9.60. The summed E-state index contributed by atoms with van der Waals surface area (Å²) in [6, 6.07) is 19.8. The lowest BCUT2D eigenvalue weighted by Crippen LogP contribution is -1.81. The molecule has 0 amide bonds. The molecule has 0 saturated carbocycles. The fourth-order valence-corrected chi connectivity index (χ4v) is 2.48. The Hall–Kier alpha value is -1.80. The summed E-state index contributed by atoms with van der Waals surface area (Å²) in [6.07, 6.45) is 0. The maximum atomic E-state index is 10.1. The summed E-state index contributed by atoms with van der Waals surface area (Å²) in [5, 5.41) is 12.3. The van der Waals surface area contributed by atoms with Crippen LogP contribution in [0.1, 0.15) is 0 Å². The van der Waals surface area contributed by atoms with Crippen LogP contribution in [0, 0.1) is 0 Å². The standard InChI is InChI=1S/C16H11BrO/c17-14-7-6-12-10-16(18)15(9-13(12)8-14)11-4-2-1-3-5-11/h1-10,18H. The molecular weight excluding hydrogens is 288 g/mol. The minimum Gasteiger partial charge on any atom is -0.507 e. The fourth-order valence-electron chi connectivity index (χ4n) is 2.11. The smallest absolute Gasteiger partial charge is 0.124 e. The molecule has 88 valence electrons. The summed E-state index contributed by atoms with van der Waals surface area (Å²) >= 11 is 3.47. The van der Waals surface area contributed by atoms with Crippen LogP contribution < -0.4 is 0 Å². The van der Waals surface area contributed by atoms with Crippen LogP contribution in [0.4, 0.5) is 0 Å². The monoisotopic (exact) mass is 298 g/mol. The van der Waals surface area contributed by atoms with Gasteiger partial charge in [0.15, 0.2) is 0 Å². The molecule has 1 nitrogen and oxygen atoms in total. The van der Waals surface area contributed by atoms with E-state index in [2.05, 4.69) is 22.0 Å². The van der Waals surface area contributed by atoms with Gasteiger partial charge in [-0.3, -0.25) is 0 Å². The van der Waals surface area contributed by atoms with Gasteiger partial charge in [0.2, 0.25) is 0 Å². The molecule has 3 rings (SSSR count). The molecule has 0 radical (unpaired) electrons. The molecule has 18 heavy (non-hydrogen) atoms. The third kappa shape index (κ3) is 2.00. The van der Waals surface area contributed by atoms with Gasteiger partial charge in [-0.2, -0.15) is 0 Å². The first-order valence-corrected chi connectivity index (χ1v) is 6.51. The topological polar surface area (TPSA) is 20.2 Å². The van der Waals surface area contributed by atoms with E-state index in [1.54, 1.807) is 0 Å². The lowest BCUT2D eigenvalue weighted by Gasteiger charge is -2.07. The number of phenolic OH excluding ortho intramolecular Hbond substituents is 1. The summed E-state index contributed by atoms with van der Waals surface area (Å²) in [7, 11) is 0. The number of hydrogen-bond acceptors (Lipinski definition) is 1. The van der Waals surface area contributed by atoms with Crippen LogP contribution in [0.5, 0.6) is 5.75 Å². The normalized spacial score (nSPS) is 10.7. The van der Waals surface area contributed by atoms with Crippen molar-refractivity contribution in [2.45, 2.75) is 0 Å². The molecule has 1 N–H and O–H groups in total. The van der Waals surface area contributed by atoms with Crippen molar-refractivity contribution in [1.82, 2.24) is 0 Å². The van der Waals surface area contributed by atoms with Crippen molar-refractivity contribution in [3.8, 4) is 16.9 Å². The second kappa shape index (κ2) is 4.46. The van der Waals surface area contributed by atoms with Crippen LogP contribution in [0.15, 0.2) is 65.1 Å². The second-order valence-corrected chi connectivity index (χ2v) is 5.14. The Morgan fingerprint density at radius 1 is 0.778 bits per heavy atom. The molecule has 0 unspecified atom stereocenters. The highest BCUT2D eigenvalue weighted by Crippen LogP contribution is 2.34. The number of phenols is 1. The predicted molar refractivity (Wildman–Crippen MR) is 78.7 cm³/mol. The second-order valence-electron chi connectivity index (χ2n) is 4.23. The molecule has 0 aliphatic heterocycles. The Balaban J connectivity index is 2.27. The van der Waals surface area contributed by atoms with Crippen molar-refractivity contribution < 1.29 is 5.11 Å². The van der Waals surface area contributed by atoms with E-state index in [0.29, 0.717) is 5.75 Å². The van der Waals surface area contributed by atoms with Gasteiger partial charge < -0.3 is 5.11 Å². The van der Waals surface area contributed by atoms with Crippen LogP contribution in [0.25, 0.3) is 21.9 Å². The summed E-state index contributed by atoms with van der Waals surface area (Å²) in [4.78, 5) is 0. The molecule has 0 aliphatic rings. The van der Waals surface area contributed by atoms with Crippen LogP contribution in [0.2, 0.25) is 0 Å². The van der Waals surface area contributed by atoms with E-state index in [9.17, 15) is 5.11 Å². The average molecular weight is 299 g/mol. The van der Waals surface area contributed by atoms with Crippen molar-refractivity contribution in [2.75, 3.05) is 0 Å². The largest absolute Gasteiger partial charge is 0.507 e. The lowest BCUT2D eigenvalue weighted by molar-refractivity contribution is 0.478. The summed E-state index contributed by atoms with van der Waals surface area (Å²) < 4.78 is 1.04. The molecule has 0 fully saturated rings. The molecule has 0 bridgehead atoms. The molecule has 0 heterocycles. The van der Waals surface area contributed by atoms with E-state index in [4.69, 9.17) is 0 Å². The van der Waals surface area contributed by atoms with E-state index in [1.165, 1.54) is 0 Å². The molecule has 0 saturated heterocycles. The summed E-state index contributed by atoms with van der Waals surface area (Å²) in [6.45, 7) is 0. The third-order valence-electron chi connectivity index (χ3n) is 3.00. The maximum absolute atomic E-state index is 10.1. The first-order chi connectivity index (χ1) is 8.74. The zero-order chi connectivity index (χ0) is 12.5. The van der Waals surface area contributed by atoms with Gasteiger partial charge in [0, 0.05) is 10.0 Å². The highest BCUT2D eigenvalue weighted by molar-refractivity contribution is 9.10. The van der Waals surface area contributed by atoms with Crippen LogP contribution >= 0.6 is 15.9 Å². The highest BCUT2D eigenvalue weighted by atomic mass is 79.9. The van der Waals surface area contributed by atoms with Crippen molar-refractivity contribution >= 4 is 26.7 Å². The number of aromatic hydroxyl groups is 1. The van der Waals surface area contributed by atoms with Gasteiger partial charge in [0.25, 0.3) is 0 Å². The van der Waals surface area contributed by atoms with Gasteiger partial charge in [-0.25, -0.2) is 0 Å². The van der Waals surface area contributed by atoms with Gasteiger partial charge in [0.1, 0.15) is 5.75 Å². The summed E-state index contributed by atoms with van der Waals surface area (Å²) in [5.74, 6) is 0.316. The Morgan fingerprint density at radius 2 is 1.56 bits per heavy atom. The number of benzene rings is 3. The molecular formula is C16H11BrO. The Bertz CT molecular complexity index is 705. The SMILES string of the molecule is Oc1cc2ccc(Br)cc2cc1-c1ccccc1. The van der Waals surface area contributed by atoms with Crippen molar-refractivity contribution in [3.63, 3.8) is 0 Å². The Labute approximate surface area is 114 Å². The molecule has 0 aliphatic carbocycles. The molecule has 0 spiro atoms. The first-order valence-electron chi connectivity index (χ1n) is 5.72. The number of fused-ring (bicyclic) bond motifs is 1. The molecule has 0 aromatic heterocycles. The van der Waals surface area contributed by atoms with Crippen LogP contribution in [0.3, 0.4) is 0 Å². The predicted octanol–water partition coefficient (Wildman–Crippen LogP) is 4.97. The fraction of sp³-hybridized carbons (Fsp3) is 0. The van der Waals surface area contributed by atoms with E-state index in [-0.39, 0.29) is 0 Å². The van der Waals surface area contributed by atoms with Gasteiger partial charge in [0.05, 0.1) is 0 Å². The number of hydrogen-bond donors (Lipinski definition) is 1. The average Bonchev–Trinajstić information content (AvgIpc) is 2.39. The Morgan fingerprint density at radius 3 is 2.33 bits per heavy atom. The van der Waals surface area contributed by atoms with E-state index >= 15 is 0 Å². The van der Waals surface area contributed by atoms with Crippen molar-refractivity contribution in [3.05, 3.63) is 65.1 Å². The minimum absolute atomic E-state index is 0.316. The zero-order valence-corrected chi connectivity index (χ0v) is 11.2. The molecule has 3 aromatic carbocycles. The summed E-state index contributed by atoms with van der Waals surface area (Å²) in [5.41, 5.74) is 1.89. The van der Waals surface area contributed by atoms with Crippen molar-refractivity contribution in [2.24, 2.45) is 0 Å². The van der Waals surface area contributed by atoms with Crippen LogP contribution in [-0.2, 0) is 0 Å². The van der Waals surface area contributed by atoms with Gasteiger partial charge >= 0.3 is 0 Å². The highest BCUT2D eigenvalue weighted by Gasteiger charge is 2.06. The first kappa shape index (κ1) is 11.3. The maximum Gasteiger partial charge on any atom is 0.124 e. The van der Waals surface area contributed by atoms with Gasteiger partial charge in [-0.15, -0.1) is 0 Å². The van der Waals surface area contributed by atoms with Gasteiger partial charge in [-0.1, -0.05) is 52.3 Å².